The molecule has 2 rings (SSSR count). The zero-order valence-corrected chi connectivity index (χ0v) is 11.6. The van der Waals surface area contributed by atoms with Crippen LogP contribution in [0.2, 0.25) is 0 Å². The third-order valence-corrected chi connectivity index (χ3v) is 3.03. The molecule has 0 unspecified atom stereocenters. The lowest BCUT2D eigenvalue weighted by Gasteiger charge is -2.12. The highest BCUT2D eigenvalue weighted by molar-refractivity contribution is 5.94. The summed E-state index contributed by atoms with van der Waals surface area (Å²) in [5, 5.41) is 2.84. The minimum absolute atomic E-state index is 0.0970. The van der Waals surface area contributed by atoms with Crippen molar-refractivity contribution in [2.75, 3.05) is 12.4 Å². The van der Waals surface area contributed by atoms with Gasteiger partial charge < -0.3 is 15.8 Å². The molecule has 0 saturated carbocycles. The summed E-state index contributed by atoms with van der Waals surface area (Å²) in [7, 11) is 1.63. The summed E-state index contributed by atoms with van der Waals surface area (Å²) in [4.78, 5) is 11.3. The summed E-state index contributed by atoms with van der Waals surface area (Å²) < 4.78 is 5.16. The number of carbonyl (C=O) groups is 1. The first-order chi connectivity index (χ1) is 9.63. The van der Waals surface area contributed by atoms with Crippen LogP contribution < -0.4 is 15.8 Å². The van der Waals surface area contributed by atoms with Crippen LogP contribution in [0.1, 0.15) is 12.5 Å². The van der Waals surface area contributed by atoms with E-state index in [2.05, 4.69) is 5.32 Å². The minimum Gasteiger partial charge on any atom is -0.497 e. The fourth-order valence-corrected chi connectivity index (χ4v) is 2.03. The second-order valence-corrected chi connectivity index (χ2v) is 4.49. The highest BCUT2D eigenvalue weighted by Crippen LogP contribution is 2.30. The van der Waals surface area contributed by atoms with E-state index in [4.69, 9.17) is 10.5 Å². The lowest BCUT2D eigenvalue weighted by atomic mass is 10.0. The zero-order chi connectivity index (χ0) is 14.5. The molecule has 20 heavy (non-hydrogen) atoms. The van der Waals surface area contributed by atoms with Gasteiger partial charge in [-0.05, 0) is 35.4 Å². The number of methoxy groups -OCH3 is 1. The van der Waals surface area contributed by atoms with Gasteiger partial charge in [-0.1, -0.05) is 18.2 Å². The molecule has 4 nitrogen and oxygen atoms in total. The van der Waals surface area contributed by atoms with E-state index in [0.29, 0.717) is 6.54 Å². The molecule has 2 aromatic carbocycles. The highest BCUT2D eigenvalue weighted by Gasteiger charge is 2.08. The van der Waals surface area contributed by atoms with Crippen molar-refractivity contribution in [2.24, 2.45) is 5.73 Å². The predicted octanol–water partition coefficient (Wildman–Crippen LogP) is 2.78. The van der Waals surface area contributed by atoms with E-state index in [1.54, 1.807) is 7.11 Å². The summed E-state index contributed by atoms with van der Waals surface area (Å²) in [6, 6.07) is 13.5. The first-order valence-electron chi connectivity index (χ1n) is 6.39. The number of hydrogen-bond donors (Lipinski definition) is 2. The van der Waals surface area contributed by atoms with Crippen LogP contribution in [0, 0.1) is 0 Å². The van der Waals surface area contributed by atoms with Crippen molar-refractivity contribution < 1.29 is 9.53 Å². The molecule has 0 aliphatic heterocycles. The van der Waals surface area contributed by atoms with Crippen LogP contribution in [0.15, 0.2) is 42.5 Å². The number of nitrogens with two attached hydrogens (primary N) is 1. The Balaban J connectivity index is 2.47. The van der Waals surface area contributed by atoms with Gasteiger partial charge in [0.2, 0.25) is 5.91 Å². The number of nitrogens with one attached hydrogen (secondary N) is 1. The lowest BCUT2D eigenvalue weighted by Crippen LogP contribution is -2.07. The highest BCUT2D eigenvalue weighted by atomic mass is 16.5. The van der Waals surface area contributed by atoms with Gasteiger partial charge in [0.05, 0.1) is 7.11 Å². The first-order valence-corrected chi connectivity index (χ1v) is 6.39. The molecule has 1 amide bonds. The molecule has 0 aliphatic carbocycles. The Hall–Kier alpha value is -2.33. The van der Waals surface area contributed by atoms with Crippen molar-refractivity contribution in [1.29, 1.82) is 0 Å². The third kappa shape index (κ3) is 3.16. The molecule has 104 valence electrons. The molecule has 0 atom stereocenters. The van der Waals surface area contributed by atoms with Crippen molar-refractivity contribution in [3.8, 4) is 16.9 Å². The summed E-state index contributed by atoms with van der Waals surface area (Å²) in [5.41, 5.74) is 9.44. The average Bonchev–Trinajstić information content (AvgIpc) is 2.47. The third-order valence-electron chi connectivity index (χ3n) is 3.03. The average molecular weight is 270 g/mol. The Morgan fingerprint density at radius 2 is 1.90 bits per heavy atom. The van der Waals surface area contributed by atoms with E-state index in [9.17, 15) is 4.79 Å². The van der Waals surface area contributed by atoms with Crippen LogP contribution in [0.3, 0.4) is 0 Å². The fourth-order valence-electron chi connectivity index (χ4n) is 2.03. The molecule has 0 fully saturated rings. The van der Waals surface area contributed by atoms with Gasteiger partial charge in [0.15, 0.2) is 0 Å². The molecule has 0 saturated heterocycles. The van der Waals surface area contributed by atoms with Crippen LogP contribution in [-0.2, 0) is 11.3 Å². The lowest BCUT2D eigenvalue weighted by molar-refractivity contribution is -0.114. The molecular formula is C16H18N2O2. The second kappa shape index (κ2) is 6.21. The number of ether oxygens (including phenoxy) is 1. The predicted molar refractivity (Wildman–Crippen MR) is 80.6 cm³/mol. The van der Waals surface area contributed by atoms with Crippen molar-refractivity contribution in [3.05, 3.63) is 48.0 Å². The van der Waals surface area contributed by atoms with Crippen LogP contribution >= 0.6 is 0 Å². The number of hydrogen-bond acceptors (Lipinski definition) is 3. The summed E-state index contributed by atoms with van der Waals surface area (Å²) in [6.45, 7) is 1.96. The van der Waals surface area contributed by atoms with Gasteiger partial charge in [0.1, 0.15) is 5.75 Å². The van der Waals surface area contributed by atoms with Gasteiger partial charge in [-0.2, -0.15) is 0 Å². The molecule has 0 heterocycles. The van der Waals surface area contributed by atoms with E-state index >= 15 is 0 Å². The summed E-state index contributed by atoms with van der Waals surface area (Å²) >= 11 is 0. The maximum absolute atomic E-state index is 11.3. The molecule has 4 heteroatoms. The Kier molecular flexibility index (Phi) is 4.38. The van der Waals surface area contributed by atoms with Crippen LogP contribution in [0.5, 0.6) is 5.75 Å². The standard InChI is InChI=1S/C16H18N2O2/c1-11(19)18-16-8-3-12(10-17)9-15(16)13-4-6-14(20-2)7-5-13/h3-9H,10,17H2,1-2H3,(H,18,19). The number of anilines is 1. The quantitative estimate of drug-likeness (QED) is 0.898. The molecular weight excluding hydrogens is 252 g/mol. The summed E-state index contributed by atoms with van der Waals surface area (Å²) in [6.07, 6.45) is 0. The second-order valence-electron chi connectivity index (χ2n) is 4.49. The van der Waals surface area contributed by atoms with Gasteiger partial charge in [-0.25, -0.2) is 0 Å². The Bertz CT molecular complexity index is 606. The van der Waals surface area contributed by atoms with E-state index < -0.39 is 0 Å². The largest absolute Gasteiger partial charge is 0.497 e. The van der Waals surface area contributed by atoms with E-state index in [1.165, 1.54) is 6.92 Å². The van der Waals surface area contributed by atoms with Crippen molar-refractivity contribution in [2.45, 2.75) is 13.5 Å². The Morgan fingerprint density at radius 1 is 1.20 bits per heavy atom. The van der Waals surface area contributed by atoms with Gasteiger partial charge in [0, 0.05) is 24.7 Å². The van der Waals surface area contributed by atoms with Crippen LogP contribution in [0.4, 0.5) is 5.69 Å². The van der Waals surface area contributed by atoms with Crippen molar-refractivity contribution in [1.82, 2.24) is 0 Å². The number of rotatable bonds is 4. The van der Waals surface area contributed by atoms with E-state index in [1.807, 2.05) is 42.5 Å². The van der Waals surface area contributed by atoms with Gasteiger partial charge in [-0.3, -0.25) is 4.79 Å². The Labute approximate surface area is 118 Å². The fraction of sp³-hybridized carbons (Fsp3) is 0.188. The SMILES string of the molecule is COc1ccc(-c2cc(CN)ccc2NC(C)=O)cc1. The van der Waals surface area contributed by atoms with Crippen molar-refractivity contribution >= 4 is 11.6 Å². The molecule has 2 aromatic rings. The summed E-state index contributed by atoms with van der Waals surface area (Å²) in [5.74, 6) is 0.699. The molecule has 0 spiro atoms. The number of carbonyl (C=O) groups excluding carboxylic acids is 1. The Morgan fingerprint density at radius 3 is 2.45 bits per heavy atom. The zero-order valence-electron chi connectivity index (χ0n) is 11.6. The van der Waals surface area contributed by atoms with E-state index in [-0.39, 0.29) is 5.91 Å². The molecule has 0 aliphatic rings. The molecule has 3 N–H and O–H groups in total. The van der Waals surface area contributed by atoms with Gasteiger partial charge >= 0.3 is 0 Å². The van der Waals surface area contributed by atoms with Crippen LogP contribution in [0.25, 0.3) is 11.1 Å². The number of benzene rings is 2. The van der Waals surface area contributed by atoms with Gasteiger partial charge in [0.25, 0.3) is 0 Å². The monoisotopic (exact) mass is 270 g/mol. The maximum atomic E-state index is 11.3. The maximum Gasteiger partial charge on any atom is 0.221 e. The first kappa shape index (κ1) is 14.1. The number of amides is 1. The molecule has 0 aromatic heterocycles. The van der Waals surface area contributed by atoms with Gasteiger partial charge in [-0.15, -0.1) is 0 Å². The topological polar surface area (TPSA) is 64.3 Å². The smallest absolute Gasteiger partial charge is 0.221 e. The molecule has 0 radical (unpaired) electrons. The minimum atomic E-state index is -0.0970. The van der Waals surface area contributed by atoms with Crippen LogP contribution in [-0.4, -0.2) is 13.0 Å². The van der Waals surface area contributed by atoms with Crippen molar-refractivity contribution in [3.63, 3.8) is 0 Å². The molecule has 0 bridgehead atoms. The van der Waals surface area contributed by atoms with E-state index in [0.717, 1.165) is 28.1 Å². The normalized spacial score (nSPS) is 10.2.